The Balaban J connectivity index is 2.32. The largest absolute Gasteiger partial charge is 0.465 e. The molecule has 0 aromatic carbocycles. The lowest BCUT2D eigenvalue weighted by Crippen LogP contribution is -2.45. The first-order chi connectivity index (χ1) is 6.65. The number of carbonyl (C=O) groups is 1. The van der Waals surface area contributed by atoms with Crippen LogP contribution >= 0.6 is 0 Å². The summed E-state index contributed by atoms with van der Waals surface area (Å²) in [5.41, 5.74) is 0. The van der Waals surface area contributed by atoms with E-state index in [1.165, 1.54) is 0 Å². The maximum atomic E-state index is 11.3. The second kappa shape index (κ2) is 5.32. The number of ether oxygens (including phenoxy) is 1. The average molecular weight is 201 g/mol. The summed E-state index contributed by atoms with van der Waals surface area (Å²) >= 11 is 0. The van der Waals surface area contributed by atoms with Crippen molar-refractivity contribution in [3.05, 3.63) is 0 Å². The fourth-order valence-electron chi connectivity index (χ4n) is 1.79. The van der Waals surface area contributed by atoms with Gasteiger partial charge in [-0.3, -0.25) is 10.1 Å². The number of rotatable bonds is 4. The summed E-state index contributed by atoms with van der Waals surface area (Å²) < 4.78 is 4.87. The van der Waals surface area contributed by atoms with Crippen LogP contribution in [0.25, 0.3) is 0 Å². The van der Waals surface area contributed by atoms with Gasteiger partial charge in [0, 0.05) is 6.04 Å². The van der Waals surface area contributed by atoms with E-state index >= 15 is 0 Å². The van der Waals surface area contributed by atoms with Gasteiger partial charge in [0.05, 0.1) is 12.7 Å². The lowest BCUT2D eigenvalue weighted by Gasteiger charge is -2.20. The Morgan fingerprint density at radius 2 is 2.36 bits per heavy atom. The van der Waals surface area contributed by atoms with Crippen molar-refractivity contribution in [1.29, 1.82) is 0 Å². The quantitative estimate of drug-likeness (QED) is 0.648. The summed E-state index contributed by atoms with van der Waals surface area (Å²) in [6, 6.07) is -0.276. The number of nitrogens with one attached hydrogen (secondary N) is 1. The molecule has 3 atom stereocenters. The van der Waals surface area contributed by atoms with Crippen molar-refractivity contribution >= 4 is 5.97 Å². The molecule has 0 amide bonds. The van der Waals surface area contributed by atoms with Gasteiger partial charge < -0.3 is 9.84 Å². The summed E-state index contributed by atoms with van der Waals surface area (Å²) in [4.78, 5) is 11.3. The molecule has 0 spiro atoms. The van der Waals surface area contributed by atoms with E-state index < -0.39 is 0 Å². The molecule has 14 heavy (non-hydrogen) atoms. The predicted octanol–water partition coefficient (Wildman–Crippen LogP) is 0.441. The van der Waals surface area contributed by atoms with Crippen molar-refractivity contribution in [1.82, 2.24) is 5.32 Å². The number of aliphatic hydroxyl groups is 1. The molecule has 0 aromatic heterocycles. The normalized spacial score (nSPS) is 28.8. The van der Waals surface area contributed by atoms with E-state index in [1.807, 2.05) is 0 Å². The highest BCUT2D eigenvalue weighted by Gasteiger charge is 2.28. The summed E-state index contributed by atoms with van der Waals surface area (Å²) in [6.07, 6.45) is 2.47. The fourth-order valence-corrected chi connectivity index (χ4v) is 1.79. The molecule has 4 heteroatoms. The van der Waals surface area contributed by atoms with Gasteiger partial charge in [0.2, 0.25) is 0 Å². The molecule has 1 rings (SSSR count). The van der Waals surface area contributed by atoms with Crippen molar-refractivity contribution in [3.63, 3.8) is 0 Å². The molecule has 0 saturated heterocycles. The van der Waals surface area contributed by atoms with Gasteiger partial charge in [0.1, 0.15) is 6.04 Å². The summed E-state index contributed by atoms with van der Waals surface area (Å²) in [5.74, 6) is -0.244. The molecule has 1 aliphatic rings. The minimum Gasteiger partial charge on any atom is -0.465 e. The monoisotopic (exact) mass is 201 g/mol. The van der Waals surface area contributed by atoms with E-state index in [0.717, 1.165) is 19.3 Å². The van der Waals surface area contributed by atoms with Crippen LogP contribution in [0, 0.1) is 0 Å². The van der Waals surface area contributed by atoms with E-state index in [0.29, 0.717) is 6.61 Å². The number of hydrogen-bond donors (Lipinski definition) is 2. The first-order valence-corrected chi connectivity index (χ1v) is 5.26. The Bertz CT molecular complexity index is 196. The minimum atomic E-state index is -0.326. The SMILES string of the molecule is CCOC(=O)C(C)NC1CCCC1O. The Morgan fingerprint density at radius 1 is 1.64 bits per heavy atom. The van der Waals surface area contributed by atoms with Crippen LogP contribution < -0.4 is 5.32 Å². The zero-order valence-electron chi connectivity index (χ0n) is 8.82. The highest BCUT2D eigenvalue weighted by atomic mass is 16.5. The molecule has 0 aromatic rings. The van der Waals surface area contributed by atoms with Gasteiger partial charge in [0.15, 0.2) is 0 Å². The zero-order valence-corrected chi connectivity index (χ0v) is 8.82. The smallest absolute Gasteiger partial charge is 0.322 e. The molecule has 1 saturated carbocycles. The van der Waals surface area contributed by atoms with Crippen molar-refractivity contribution < 1.29 is 14.6 Å². The van der Waals surface area contributed by atoms with Crippen LogP contribution in [-0.4, -0.2) is 35.9 Å². The van der Waals surface area contributed by atoms with Crippen LogP contribution in [-0.2, 0) is 9.53 Å². The van der Waals surface area contributed by atoms with Crippen LogP contribution in [0.2, 0.25) is 0 Å². The van der Waals surface area contributed by atoms with E-state index in [4.69, 9.17) is 4.74 Å². The minimum absolute atomic E-state index is 0.0504. The number of esters is 1. The van der Waals surface area contributed by atoms with Crippen LogP contribution in [0.1, 0.15) is 33.1 Å². The maximum absolute atomic E-state index is 11.3. The lowest BCUT2D eigenvalue weighted by molar-refractivity contribution is -0.145. The Morgan fingerprint density at radius 3 is 2.86 bits per heavy atom. The predicted molar refractivity (Wildman–Crippen MR) is 52.9 cm³/mol. The van der Waals surface area contributed by atoms with E-state index in [-0.39, 0.29) is 24.2 Å². The van der Waals surface area contributed by atoms with Crippen molar-refractivity contribution in [2.75, 3.05) is 6.61 Å². The van der Waals surface area contributed by atoms with Gasteiger partial charge in [-0.1, -0.05) is 0 Å². The van der Waals surface area contributed by atoms with Gasteiger partial charge in [-0.25, -0.2) is 0 Å². The van der Waals surface area contributed by atoms with Gasteiger partial charge in [0.25, 0.3) is 0 Å². The molecule has 3 unspecified atom stereocenters. The summed E-state index contributed by atoms with van der Waals surface area (Å²) in [6.45, 7) is 3.95. The second-order valence-electron chi connectivity index (χ2n) is 3.75. The van der Waals surface area contributed by atoms with E-state index in [9.17, 15) is 9.90 Å². The van der Waals surface area contributed by atoms with Gasteiger partial charge >= 0.3 is 5.97 Å². The standard InChI is InChI=1S/C10H19NO3/c1-3-14-10(13)7(2)11-8-5-4-6-9(8)12/h7-9,11-12H,3-6H2,1-2H3. The zero-order chi connectivity index (χ0) is 10.6. The molecule has 1 fully saturated rings. The van der Waals surface area contributed by atoms with Crippen molar-refractivity contribution in [2.24, 2.45) is 0 Å². The van der Waals surface area contributed by atoms with Gasteiger partial charge in [-0.15, -0.1) is 0 Å². The van der Waals surface area contributed by atoms with Crippen LogP contribution in [0.3, 0.4) is 0 Å². The van der Waals surface area contributed by atoms with Crippen LogP contribution in [0.5, 0.6) is 0 Å². The van der Waals surface area contributed by atoms with Crippen molar-refractivity contribution in [2.45, 2.75) is 51.3 Å². The van der Waals surface area contributed by atoms with Crippen LogP contribution in [0.4, 0.5) is 0 Å². The molecule has 0 aliphatic heterocycles. The Labute approximate surface area is 84.6 Å². The third-order valence-corrected chi connectivity index (χ3v) is 2.58. The fraction of sp³-hybridized carbons (Fsp3) is 0.900. The highest BCUT2D eigenvalue weighted by molar-refractivity contribution is 5.75. The van der Waals surface area contributed by atoms with Crippen LogP contribution in [0.15, 0.2) is 0 Å². The average Bonchev–Trinajstić information content (AvgIpc) is 2.52. The molecule has 1 aliphatic carbocycles. The Kier molecular flexibility index (Phi) is 4.35. The molecular weight excluding hydrogens is 182 g/mol. The topological polar surface area (TPSA) is 58.6 Å². The third-order valence-electron chi connectivity index (χ3n) is 2.58. The molecule has 4 nitrogen and oxygen atoms in total. The lowest BCUT2D eigenvalue weighted by atomic mass is 10.2. The summed E-state index contributed by atoms with van der Waals surface area (Å²) in [5, 5.41) is 12.6. The Hall–Kier alpha value is -0.610. The molecule has 0 bridgehead atoms. The van der Waals surface area contributed by atoms with E-state index in [1.54, 1.807) is 13.8 Å². The first-order valence-electron chi connectivity index (χ1n) is 5.26. The molecule has 0 heterocycles. The highest BCUT2D eigenvalue weighted by Crippen LogP contribution is 2.19. The first kappa shape index (κ1) is 11.5. The summed E-state index contributed by atoms with van der Waals surface area (Å²) in [7, 11) is 0. The van der Waals surface area contributed by atoms with Gasteiger partial charge in [-0.2, -0.15) is 0 Å². The number of carbonyl (C=O) groups excluding carboxylic acids is 1. The molecule has 2 N–H and O–H groups in total. The third kappa shape index (κ3) is 2.96. The van der Waals surface area contributed by atoms with Crippen molar-refractivity contribution in [3.8, 4) is 0 Å². The second-order valence-corrected chi connectivity index (χ2v) is 3.75. The number of aliphatic hydroxyl groups excluding tert-OH is 1. The maximum Gasteiger partial charge on any atom is 0.322 e. The van der Waals surface area contributed by atoms with E-state index in [2.05, 4.69) is 5.32 Å². The molecule has 82 valence electrons. The molecular formula is C10H19NO3. The van der Waals surface area contributed by atoms with Gasteiger partial charge in [-0.05, 0) is 33.1 Å². The molecule has 0 radical (unpaired) electrons. The number of hydrogen-bond acceptors (Lipinski definition) is 4.